The highest BCUT2D eigenvalue weighted by molar-refractivity contribution is 6.30. The van der Waals surface area contributed by atoms with Gasteiger partial charge in [-0.3, -0.25) is 9.59 Å². The average Bonchev–Trinajstić information content (AvgIpc) is 2.65. The third-order valence-electron chi connectivity index (χ3n) is 4.35. The topological polar surface area (TPSA) is 63.1 Å². The van der Waals surface area contributed by atoms with Crippen LogP contribution < -0.4 is 16.2 Å². The normalized spacial score (nSPS) is 10.4. The molecule has 0 aliphatic rings. The van der Waals surface area contributed by atoms with E-state index in [4.69, 9.17) is 18.0 Å². The van der Waals surface area contributed by atoms with Gasteiger partial charge in [-0.1, -0.05) is 17.7 Å². The van der Waals surface area contributed by atoms with Crippen LogP contribution in [0.4, 0.5) is 0 Å². The minimum atomic E-state index is -0.208. The first kappa shape index (κ1) is 20.8. The zero-order valence-electron chi connectivity index (χ0n) is 15.6. The second-order valence-corrected chi connectivity index (χ2v) is 6.76. The lowest BCUT2D eigenvalue weighted by Crippen LogP contribution is -2.31. The summed E-state index contributed by atoms with van der Waals surface area (Å²) in [4.78, 5) is 25.0. The van der Waals surface area contributed by atoms with Gasteiger partial charge in [0, 0.05) is 42.8 Å². The van der Waals surface area contributed by atoms with Crippen molar-refractivity contribution in [3.05, 3.63) is 68.1 Å². The maximum absolute atomic E-state index is 12.6. The van der Waals surface area contributed by atoms with Crippen molar-refractivity contribution < 1.29 is 4.79 Å². The summed E-state index contributed by atoms with van der Waals surface area (Å²) >= 11 is 6.07. The van der Waals surface area contributed by atoms with E-state index in [0.717, 1.165) is 16.7 Å². The monoisotopic (exact) mass is 385 g/mol. The van der Waals surface area contributed by atoms with Crippen LogP contribution >= 0.6 is 11.6 Å². The highest BCUT2D eigenvalue weighted by Gasteiger charge is 2.13. The molecule has 0 fully saturated rings. The van der Waals surface area contributed by atoms with Crippen molar-refractivity contribution in [2.75, 3.05) is 7.05 Å². The number of aryl methyl sites for hydroxylation is 2. The van der Waals surface area contributed by atoms with Crippen LogP contribution in [-0.2, 0) is 30.8 Å². The van der Waals surface area contributed by atoms with Crippen molar-refractivity contribution in [2.45, 2.75) is 39.4 Å². The van der Waals surface area contributed by atoms with Crippen LogP contribution in [0.25, 0.3) is 0 Å². The molecular weight excluding hydrogens is 362 g/mol. The minimum Gasteiger partial charge on any atom is -0.352 e. The number of benzene rings is 1. The molecule has 142 valence electrons. The quantitative estimate of drug-likeness (QED) is 0.686. The minimum absolute atomic E-state index is 0.0312. The van der Waals surface area contributed by atoms with E-state index in [1.165, 1.54) is 0 Å². The fraction of sp³-hybridized carbons (Fsp3) is 0.333. The molecule has 0 aliphatic carbocycles. The first-order valence-electron chi connectivity index (χ1n) is 8.77. The largest absolute Gasteiger partial charge is 0.352 e. The molecular formula is C21H24ClN3O2. The predicted octanol–water partition coefficient (Wildman–Crippen LogP) is 2.41. The molecule has 1 amide bonds. The Bertz CT molecular complexity index is 913. The van der Waals surface area contributed by atoms with Crippen LogP contribution in [0.15, 0.2) is 35.3 Å². The number of hydrogen-bond acceptors (Lipinski definition) is 3. The van der Waals surface area contributed by atoms with Gasteiger partial charge < -0.3 is 15.2 Å². The number of aromatic nitrogens is 1. The van der Waals surface area contributed by atoms with Crippen LogP contribution in [0.2, 0.25) is 5.02 Å². The van der Waals surface area contributed by atoms with Crippen LogP contribution in [0.1, 0.15) is 28.7 Å². The molecule has 0 saturated carbocycles. The fourth-order valence-electron chi connectivity index (χ4n) is 2.83. The number of nitrogens with zero attached hydrogens (tertiary/aromatic N) is 1. The molecule has 5 nitrogen and oxygen atoms in total. The Hall–Kier alpha value is -2.55. The van der Waals surface area contributed by atoms with Crippen molar-refractivity contribution in [3.63, 3.8) is 0 Å². The standard InChI is InChI=1S/C21H24ClN3O2/c1-4-5-9-25-10-8-15(2)19(21(25)27)12-20(26)24-14-17-11-18(22)7-6-16(17)13-23-3/h1,6-8,10-11,23H,5,9,12-14H2,2-3H3,(H,24,26). The van der Waals surface area contributed by atoms with Crippen LogP contribution in [-0.4, -0.2) is 17.5 Å². The third kappa shape index (κ3) is 5.72. The molecule has 1 heterocycles. The molecule has 0 aliphatic heterocycles. The molecule has 1 aromatic heterocycles. The van der Waals surface area contributed by atoms with Crippen LogP contribution in [0.3, 0.4) is 0 Å². The van der Waals surface area contributed by atoms with Crippen LogP contribution in [0.5, 0.6) is 0 Å². The summed E-state index contributed by atoms with van der Waals surface area (Å²) in [5.41, 5.74) is 3.13. The Morgan fingerprint density at radius 2 is 2.04 bits per heavy atom. The van der Waals surface area contributed by atoms with Gasteiger partial charge in [-0.15, -0.1) is 12.3 Å². The molecule has 27 heavy (non-hydrogen) atoms. The zero-order valence-corrected chi connectivity index (χ0v) is 16.4. The van der Waals surface area contributed by atoms with Gasteiger partial charge in [-0.2, -0.15) is 0 Å². The number of nitrogens with one attached hydrogen (secondary N) is 2. The number of carbonyl (C=O) groups is 1. The second kappa shape index (κ2) is 9.96. The second-order valence-electron chi connectivity index (χ2n) is 6.33. The summed E-state index contributed by atoms with van der Waals surface area (Å²) in [6.07, 6.45) is 7.49. The number of rotatable bonds is 8. The Balaban J connectivity index is 2.10. The lowest BCUT2D eigenvalue weighted by atomic mass is 10.1. The van der Waals surface area contributed by atoms with Crippen molar-refractivity contribution >= 4 is 17.5 Å². The van der Waals surface area contributed by atoms with Crippen LogP contribution in [0, 0.1) is 19.3 Å². The first-order valence-corrected chi connectivity index (χ1v) is 9.15. The summed E-state index contributed by atoms with van der Waals surface area (Å²) in [5.74, 6) is 2.31. The highest BCUT2D eigenvalue weighted by atomic mass is 35.5. The Labute approximate surface area is 164 Å². The van der Waals surface area contributed by atoms with Gasteiger partial charge in [0.2, 0.25) is 5.91 Å². The van der Waals surface area contributed by atoms with E-state index in [2.05, 4.69) is 16.6 Å². The molecule has 0 bridgehead atoms. The smallest absolute Gasteiger partial charge is 0.254 e. The van der Waals surface area contributed by atoms with Crippen molar-refractivity contribution in [1.82, 2.24) is 15.2 Å². The van der Waals surface area contributed by atoms with Gasteiger partial charge in [-0.05, 0) is 48.9 Å². The summed E-state index contributed by atoms with van der Waals surface area (Å²) in [6, 6.07) is 7.44. The highest BCUT2D eigenvalue weighted by Crippen LogP contribution is 2.16. The van der Waals surface area contributed by atoms with Gasteiger partial charge in [-0.25, -0.2) is 0 Å². The molecule has 2 rings (SSSR count). The number of halogens is 1. The predicted molar refractivity (Wildman–Crippen MR) is 109 cm³/mol. The fourth-order valence-corrected chi connectivity index (χ4v) is 3.02. The van der Waals surface area contributed by atoms with Crippen molar-refractivity contribution in [1.29, 1.82) is 0 Å². The van der Waals surface area contributed by atoms with E-state index in [1.54, 1.807) is 10.8 Å². The molecule has 0 unspecified atom stereocenters. The maximum atomic E-state index is 12.6. The van der Waals surface area contributed by atoms with E-state index in [1.807, 2.05) is 38.2 Å². The van der Waals surface area contributed by atoms with E-state index < -0.39 is 0 Å². The zero-order chi connectivity index (χ0) is 19.8. The molecule has 2 N–H and O–H groups in total. The molecule has 2 aromatic rings. The first-order chi connectivity index (χ1) is 13.0. The van der Waals surface area contributed by atoms with Gasteiger partial charge in [0.15, 0.2) is 0 Å². The molecule has 6 heteroatoms. The SMILES string of the molecule is C#CCCn1ccc(C)c(CC(=O)NCc2cc(Cl)ccc2CNC)c1=O. The average molecular weight is 386 g/mol. The van der Waals surface area contributed by atoms with Gasteiger partial charge >= 0.3 is 0 Å². The summed E-state index contributed by atoms with van der Waals surface area (Å²) in [5, 5.41) is 6.60. The maximum Gasteiger partial charge on any atom is 0.254 e. The van der Waals surface area contributed by atoms with E-state index >= 15 is 0 Å². The lowest BCUT2D eigenvalue weighted by molar-refractivity contribution is -0.120. The number of carbonyl (C=O) groups excluding carboxylic acids is 1. The lowest BCUT2D eigenvalue weighted by Gasteiger charge is -2.13. The molecule has 0 atom stereocenters. The van der Waals surface area contributed by atoms with E-state index in [0.29, 0.717) is 36.6 Å². The molecule has 0 radical (unpaired) electrons. The van der Waals surface area contributed by atoms with E-state index in [-0.39, 0.29) is 17.9 Å². The third-order valence-corrected chi connectivity index (χ3v) is 4.58. The Morgan fingerprint density at radius 3 is 2.74 bits per heavy atom. The summed E-state index contributed by atoms with van der Waals surface area (Å²) < 4.78 is 1.55. The van der Waals surface area contributed by atoms with Gasteiger partial charge in [0.1, 0.15) is 0 Å². The van der Waals surface area contributed by atoms with Crippen molar-refractivity contribution in [2.24, 2.45) is 0 Å². The number of amides is 1. The molecule has 0 saturated heterocycles. The van der Waals surface area contributed by atoms with E-state index in [9.17, 15) is 9.59 Å². The van der Waals surface area contributed by atoms with Gasteiger partial charge in [0.25, 0.3) is 5.56 Å². The Morgan fingerprint density at radius 1 is 1.26 bits per heavy atom. The molecule has 1 aromatic carbocycles. The van der Waals surface area contributed by atoms with Gasteiger partial charge in [0.05, 0.1) is 6.42 Å². The number of pyridine rings is 1. The Kier molecular flexibility index (Phi) is 7.66. The summed E-state index contributed by atoms with van der Waals surface area (Å²) in [7, 11) is 1.86. The number of hydrogen-bond donors (Lipinski definition) is 2. The summed E-state index contributed by atoms with van der Waals surface area (Å²) in [6.45, 7) is 3.31. The number of terminal acetylenes is 1. The van der Waals surface area contributed by atoms with Crippen molar-refractivity contribution in [3.8, 4) is 12.3 Å². The molecule has 0 spiro atoms.